The van der Waals surface area contributed by atoms with E-state index in [0.717, 1.165) is 12.2 Å². The summed E-state index contributed by atoms with van der Waals surface area (Å²) in [7, 11) is 0. The fourth-order valence-corrected chi connectivity index (χ4v) is 1.82. The summed E-state index contributed by atoms with van der Waals surface area (Å²) in [5, 5.41) is 3.19. The van der Waals surface area contributed by atoms with Crippen LogP contribution in [0, 0.1) is 0 Å². The van der Waals surface area contributed by atoms with E-state index in [4.69, 9.17) is 4.42 Å². The van der Waals surface area contributed by atoms with Crippen molar-refractivity contribution in [2.45, 2.75) is 25.7 Å². The second-order valence-electron chi connectivity index (χ2n) is 4.19. The Hall–Kier alpha value is -2.11. The molecule has 0 amide bonds. The number of furan rings is 1. The van der Waals surface area contributed by atoms with Crippen molar-refractivity contribution in [3.8, 4) is 5.75 Å². The molecule has 0 aliphatic rings. The van der Waals surface area contributed by atoms with Gasteiger partial charge in [-0.3, -0.25) is 0 Å². The highest BCUT2D eigenvalue weighted by atomic mass is 19.4. The van der Waals surface area contributed by atoms with Gasteiger partial charge < -0.3 is 14.5 Å². The first kappa shape index (κ1) is 14.3. The average molecular weight is 285 g/mol. The van der Waals surface area contributed by atoms with E-state index >= 15 is 0 Å². The Labute approximate surface area is 114 Å². The highest BCUT2D eigenvalue weighted by Crippen LogP contribution is 2.27. The van der Waals surface area contributed by atoms with E-state index in [1.54, 1.807) is 12.3 Å². The number of hydrogen-bond donors (Lipinski definition) is 1. The number of hydrogen-bond acceptors (Lipinski definition) is 3. The first-order valence-corrected chi connectivity index (χ1v) is 6.13. The van der Waals surface area contributed by atoms with E-state index in [-0.39, 0.29) is 11.8 Å². The minimum Gasteiger partial charge on any atom is -0.467 e. The molecule has 3 nitrogen and oxygen atoms in total. The van der Waals surface area contributed by atoms with Crippen molar-refractivity contribution in [1.82, 2.24) is 0 Å². The molecule has 1 heterocycles. The number of nitrogens with one attached hydrogen (secondary N) is 1. The van der Waals surface area contributed by atoms with Crippen LogP contribution in [0.2, 0.25) is 0 Å². The second kappa shape index (κ2) is 5.90. The average Bonchev–Trinajstić information content (AvgIpc) is 2.90. The molecule has 108 valence electrons. The summed E-state index contributed by atoms with van der Waals surface area (Å²) in [6.07, 6.45) is -2.30. The minimum absolute atomic E-state index is 0.0283. The van der Waals surface area contributed by atoms with Crippen LogP contribution in [-0.2, 0) is 0 Å². The van der Waals surface area contributed by atoms with Gasteiger partial charge in [-0.15, -0.1) is 13.2 Å². The zero-order valence-electron chi connectivity index (χ0n) is 10.8. The molecule has 0 radical (unpaired) electrons. The van der Waals surface area contributed by atoms with Crippen molar-refractivity contribution in [2.24, 2.45) is 0 Å². The van der Waals surface area contributed by atoms with Gasteiger partial charge in [-0.1, -0.05) is 6.92 Å². The maximum atomic E-state index is 12.0. The summed E-state index contributed by atoms with van der Waals surface area (Å²) in [5.41, 5.74) is 0.697. The van der Waals surface area contributed by atoms with Gasteiger partial charge in [0.1, 0.15) is 11.5 Å². The largest absolute Gasteiger partial charge is 0.573 e. The van der Waals surface area contributed by atoms with Crippen molar-refractivity contribution in [3.63, 3.8) is 0 Å². The Bertz CT molecular complexity index is 520. The number of rotatable bonds is 5. The van der Waals surface area contributed by atoms with Crippen LogP contribution < -0.4 is 10.1 Å². The van der Waals surface area contributed by atoms with Gasteiger partial charge in [-0.2, -0.15) is 0 Å². The van der Waals surface area contributed by atoms with Crippen LogP contribution in [0.25, 0.3) is 0 Å². The van der Waals surface area contributed by atoms with Crippen molar-refractivity contribution in [2.75, 3.05) is 5.32 Å². The van der Waals surface area contributed by atoms with Gasteiger partial charge in [0.05, 0.1) is 12.3 Å². The van der Waals surface area contributed by atoms with E-state index in [9.17, 15) is 13.2 Å². The Morgan fingerprint density at radius 1 is 1.20 bits per heavy atom. The molecule has 0 spiro atoms. The lowest BCUT2D eigenvalue weighted by Gasteiger charge is -2.16. The second-order valence-corrected chi connectivity index (χ2v) is 4.19. The topological polar surface area (TPSA) is 34.4 Å². The van der Waals surface area contributed by atoms with Gasteiger partial charge >= 0.3 is 6.36 Å². The summed E-state index contributed by atoms with van der Waals surface area (Å²) in [4.78, 5) is 0. The quantitative estimate of drug-likeness (QED) is 0.861. The third-order valence-electron chi connectivity index (χ3n) is 2.72. The lowest BCUT2D eigenvalue weighted by molar-refractivity contribution is -0.274. The maximum absolute atomic E-state index is 12.0. The molecule has 1 aromatic carbocycles. The predicted molar refractivity (Wildman–Crippen MR) is 68.5 cm³/mol. The zero-order valence-corrected chi connectivity index (χ0v) is 10.8. The summed E-state index contributed by atoms with van der Waals surface area (Å²) in [6, 6.07) is 9.22. The molecule has 0 aliphatic carbocycles. The van der Waals surface area contributed by atoms with Crippen molar-refractivity contribution >= 4 is 5.69 Å². The van der Waals surface area contributed by atoms with Crippen molar-refractivity contribution in [3.05, 3.63) is 48.4 Å². The molecule has 1 N–H and O–H groups in total. The van der Waals surface area contributed by atoms with E-state index in [1.807, 2.05) is 13.0 Å². The molecule has 0 aliphatic heterocycles. The molecule has 0 saturated carbocycles. The molecule has 6 heteroatoms. The first-order chi connectivity index (χ1) is 9.48. The first-order valence-electron chi connectivity index (χ1n) is 6.13. The van der Waals surface area contributed by atoms with Crippen LogP contribution >= 0.6 is 0 Å². The van der Waals surface area contributed by atoms with E-state index in [2.05, 4.69) is 10.1 Å². The summed E-state index contributed by atoms with van der Waals surface area (Å²) in [6.45, 7) is 1.99. The Morgan fingerprint density at radius 3 is 2.40 bits per heavy atom. The van der Waals surface area contributed by atoms with Crippen LogP contribution in [-0.4, -0.2) is 6.36 Å². The zero-order chi connectivity index (χ0) is 14.6. The monoisotopic (exact) mass is 285 g/mol. The van der Waals surface area contributed by atoms with Gasteiger partial charge in [-0.25, -0.2) is 0 Å². The molecule has 1 atom stereocenters. The highest BCUT2D eigenvalue weighted by molar-refractivity contribution is 5.47. The standard InChI is InChI=1S/C14H14F3NO2/c1-2-12(13-4-3-9-19-13)18-10-5-7-11(8-6-10)20-14(15,16)17/h3-9,12,18H,2H2,1H3. The van der Waals surface area contributed by atoms with Crippen molar-refractivity contribution in [1.29, 1.82) is 0 Å². The molecular weight excluding hydrogens is 271 g/mol. The number of anilines is 1. The molecule has 2 aromatic rings. The lowest BCUT2D eigenvalue weighted by atomic mass is 10.1. The number of alkyl halides is 3. The van der Waals surface area contributed by atoms with Gasteiger partial charge in [-0.05, 0) is 42.8 Å². The Morgan fingerprint density at radius 2 is 1.90 bits per heavy atom. The third-order valence-corrected chi connectivity index (χ3v) is 2.72. The Kier molecular flexibility index (Phi) is 4.22. The molecule has 1 aromatic heterocycles. The van der Waals surface area contributed by atoms with E-state index in [1.165, 1.54) is 24.3 Å². The summed E-state index contributed by atoms with van der Waals surface area (Å²) in [5.74, 6) is 0.539. The fourth-order valence-electron chi connectivity index (χ4n) is 1.82. The van der Waals surface area contributed by atoms with Gasteiger partial charge in [0, 0.05) is 5.69 Å². The number of halogens is 3. The predicted octanol–water partition coefficient (Wildman–Crippen LogP) is 4.74. The van der Waals surface area contributed by atoms with Crippen LogP contribution in [0.5, 0.6) is 5.75 Å². The molecular formula is C14H14F3NO2. The van der Waals surface area contributed by atoms with E-state index in [0.29, 0.717) is 5.69 Å². The summed E-state index contributed by atoms with van der Waals surface area (Å²) >= 11 is 0. The molecule has 20 heavy (non-hydrogen) atoms. The number of ether oxygens (including phenoxy) is 1. The lowest BCUT2D eigenvalue weighted by Crippen LogP contribution is -2.17. The molecule has 1 unspecified atom stereocenters. The van der Waals surface area contributed by atoms with Gasteiger partial charge in [0.2, 0.25) is 0 Å². The molecule has 0 bridgehead atoms. The maximum Gasteiger partial charge on any atom is 0.573 e. The normalized spacial score (nSPS) is 13.0. The fraction of sp³-hybridized carbons (Fsp3) is 0.286. The number of benzene rings is 1. The highest BCUT2D eigenvalue weighted by Gasteiger charge is 2.30. The minimum atomic E-state index is -4.67. The molecule has 0 fully saturated rings. The van der Waals surface area contributed by atoms with Crippen molar-refractivity contribution < 1.29 is 22.3 Å². The SMILES string of the molecule is CCC(Nc1ccc(OC(F)(F)F)cc1)c1ccco1. The third kappa shape index (κ3) is 3.94. The van der Waals surface area contributed by atoms with Crippen LogP contribution in [0.1, 0.15) is 25.1 Å². The van der Waals surface area contributed by atoms with E-state index < -0.39 is 6.36 Å². The summed E-state index contributed by atoms with van der Waals surface area (Å²) < 4.78 is 45.3. The van der Waals surface area contributed by atoms with Crippen LogP contribution in [0.15, 0.2) is 47.1 Å². The Balaban J connectivity index is 2.03. The van der Waals surface area contributed by atoms with Gasteiger partial charge in [0.25, 0.3) is 0 Å². The molecule has 0 saturated heterocycles. The van der Waals surface area contributed by atoms with Crippen LogP contribution in [0.4, 0.5) is 18.9 Å². The van der Waals surface area contributed by atoms with Crippen LogP contribution in [0.3, 0.4) is 0 Å². The smallest absolute Gasteiger partial charge is 0.467 e. The molecule has 2 rings (SSSR count). The van der Waals surface area contributed by atoms with Gasteiger partial charge in [0.15, 0.2) is 0 Å².